The summed E-state index contributed by atoms with van der Waals surface area (Å²) in [5.41, 5.74) is 8.74. The van der Waals surface area contributed by atoms with E-state index in [9.17, 15) is 4.79 Å². The molecule has 1 aromatic rings. The van der Waals surface area contributed by atoms with E-state index >= 15 is 0 Å². The van der Waals surface area contributed by atoms with E-state index in [4.69, 9.17) is 10.8 Å². The van der Waals surface area contributed by atoms with Gasteiger partial charge in [0, 0.05) is 13.6 Å². The minimum atomic E-state index is -0.919. The maximum Gasteiger partial charge on any atom is 0.335 e. The molecule has 15 heavy (non-hydrogen) atoms. The van der Waals surface area contributed by atoms with Gasteiger partial charge >= 0.3 is 5.97 Å². The van der Waals surface area contributed by atoms with Crippen LogP contribution in [-0.2, 0) is 6.42 Å². The lowest BCUT2D eigenvalue weighted by atomic mass is 9.98. The number of rotatable bonds is 1. The first kappa shape index (κ1) is 9.83. The fourth-order valence-corrected chi connectivity index (χ4v) is 2.12. The van der Waals surface area contributed by atoms with Gasteiger partial charge in [0.05, 0.1) is 16.9 Å². The van der Waals surface area contributed by atoms with Gasteiger partial charge in [0.25, 0.3) is 0 Å². The highest BCUT2D eigenvalue weighted by Gasteiger charge is 2.18. The van der Waals surface area contributed by atoms with E-state index in [0.717, 1.165) is 30.6 Å². The molecule has 1 aromatic carbocycles. The molecular weight excluding hydrogens is 192 g/mol. The first-order chi connectivity index (χ1) is 7.09. The number of benzene rings is 1. The fraction of sp³-hybridized carbons (Fsp3) is 0.364. The zero-order valence-electron chi connectivity index (χ0n) is 8.66. The molecule has 0 saturated heterocycles. The number of nitrogens with two attached hydrogens (primary N) is 1. The molecule has 0 bridgehead atoms. The van der Waals surface area contributed by atoms with Gasteiger partial charge in [0.15, 0.2) is 0 Å². The molecule has 0 unspecified atom stereocenters. The van der Waals surface area contributed by atoms with Crippen LogP contribution >= 0.6 is 0 Å². The van der Waals surface area contributed by atoms with Gasteiger partial charge < -0.3 is 15.7 Å². The third kappa shape index (κ3) is 1.63. The Morgan fingerprint density at radius 1 is 1.53 bits per heavy atom. The third-order valence-electron chi connectivity index (χ3n) is 2.79. The molecule has 0 radical (unpaired) electrons. The van der Waals surface area contributed by atoms with Gasteiger partial charge in [-0.1, -0.05) is 0 Å². The van der Waals surface area contributed by atoms with Crippen molar-refractivity contribution in [3.8, 4) is 0 Å². The van der Waals surface area contributed by atoms with Crippen LogP contribution in [0.4, 0.5) is 11.4 Å². The van der Waals surface area contributed by atoms with Gasteiger partial charge in [-0.25, -0.2) is 4.79 Å². The number of aromatic carboxylic acids is 1. The van der Waals surface area contributed by atoms with Crippen LogP contribution in [0.15, 0.2) is 12.1 Å². The summed E-state index contributed by atoms with van der Waals surface area (Å²) in [5.74, 6) is -0.919. The van der Waals surface area contributed by atoms with Crippen molar-refractivity contribution in [2.24, 2.45) is 0 Å². The van der Waals surface area contributed by atoms with E-state index in [2.05, 4.69) is 4.90 Å². The lowest BCUT2D eigenvalue weighted by Gasteiger charge is -2.29. The van der Waals surface area contributed by atoms with Gasteiger partial charge in [-0.3, -0.25) is 0 Å². The maximum absolute atomic E-state index is 10.9. The summed E-state index contributed by atoms with van der Waals surface area (Å²) in [6.07, 6.45) is 1.96. The van der Waals surface area contributed by atoms with Crippen LogP contribution in [0.3, 0.4) is 0 Å². The number of fused-ring (bicyclic) bond motifs is 1. The Bertz CT molecular complexity index is 415. The predicted octanol–water partition coefficient (Wildman–Crippen LogP) is 1.35. The zero-order valence-corrected chi connectivity index (χ0v) is 8.66. The smallest absolute Gasteiger partial charge is 0.335 e. The summed E-state index contributed by atoms with van der Waals surface area (Å²) in [5, 5.41) is 8.91. The number of carboxylic acids is 1. The van der Waals surface area contributed by atoms with Crippen LogP contribution in [0.1, 0.15) is 22.3 Å². The second kappa shape index (κ2) is 3.46. The summed E-state index contributed by atoms with van der Waals surface area (Å²) in [4.78, 5) is 12.9. The lowest BCUT2D eigenvalue weighted by molar-refractivity contribution is 0.0697. The summed E-state index contributed by atoms with van der Waals surface area (Å²) in [7, 11) is 1.98. The van der Waals surface area contributed by atoms with Gasteiger partial charge in [-0.15, -0.1) is 0 Å². The van der Waals surface area contributed by atoms with Crippen LogP contribution in [0.25, 0.3) is 0 Å². The topological polar surface area (TPSA) is 66.6 Å². The fourth-order valence-electron chi connectivity index (χ4n) is 2.12. The van der Waals surface area contributed by atoms with E-state index in [0.29, 0.717) is 5.69 Å². The minimum absolute atomic E-state index is 0.279. The highest BCUT2D eigenvalue weighted by atomic mass is 16.4. The Labute approximate surface area is 88.3 Å². The van der Waals surface area contributed by atoms with E-state index in [-0.39, 0.29) is 5.56 Å². The molecule has 1 heterocycles. The van der Waals surface area contributed by atoms with E-state index in [1.165, 1.54) is 6.07 Å². The molecule has 0 aromatic heterocycles. The predicted molar refractivity (Wildman–Crippen MR) is 59.4 cm³/mol. The highest BCUT2D eigenvalue weighted by Crippen LogP contribution is 2.32. The van der Waals surface area contributed by atoms with Crippen LogP contribution in [0, 0.1) is 0 Å². The number of hydrogen-bond acceptors (Lipinski definition) is 3. The lowest BCUT2D eigenvalue weighted by Crippen LogP contribution is -2.26. The van der Waals surface area contributed by atoms with Crippen molar-refractivity contribution in [1.82, 2.24) is 0 Å². The summed E-state index contributed by atoms with van der Waals surface area (Å²) >= 11 is 0. The first-order valence-corrected chi connectivity index (χ1v) is 4.96. The number of nitrogens with zero attached hydrogens (tertiary/aromatic N) is 1. The van der Waals surface area contributed by atoms with Crippen LogP contribution in [0.2, 0.25) is 0 Å². The van der Waals surface area contributed by atoms with Crippen LogP contribution in [0.5, 0.6) is 0 Å². The Hall–Kier alpha value is -1.71. The number of carbonyl (C=O) groups is 1. The average molecular weight is 206 g/mol. The summed E-state index contributed by atoms with van der Waals surface area (Å²) < 4.78 is 0. The second-order valence-electron chi connectivity index (χ2n) is 3.90. The molecule has 80 valence electrons. The van der Waals surface area contributed by atoms with E-state index < -0.39 is 5.97 Å². The number of anilines is 2. The number of hydrogen-bond donors (Lipinski definition) is 2. The molecular formula is C11H14N2O2. The number of carboxylic acid groups (broad SMARTS) is 1. The van der Waals surface area contributed by atoms with E-state index in [1.54, 1.807) is 6.07 Å². The Kier molecular flexibility index (Phi) is 2.26. The molecule has 0 aliphatic carbocycles. The van der Waals surface area contributed by atoms with Gasteiger partial charge in [0.2, 0.25) is 0 Å². The first-order valence-electron chi connectivity index (χ1n) is 4.96. The maximum atomic E-state index is 10.9. The number of nitrogen functional groups attached to an aromatic ring is 1. The van der Waals surface area contributed by atoms with Gasteiger partial charge in [-0.05, 0) is 30.5 Å². The standard InChI is InChI=1S/C11H14N2O2/c1-13-4-2-3-7-5-8(11(14)15)6-9(12)10(7)13/h5-6H,2-4,12H2,1H3,(H,14,15). The van der Waals surface area contributed by atoms with E-state index in [1.807, 2.05) is 7.05 Å². The van der Waals surface area contributed by atoms with Crippen molar-refractivity contribution in [3.63, 3.8) is 0 Å². The van der Waals surface area contributed by atoms with Crippen molar-refractivity contribution in [1.29, 1.82) is 0 Å². The Balaban J connectivity index is 2.55. The number of aryl methyl sites for hydroxylation is 1. The van der Waals surface area contributed by atoms with Crippen molar-refractivity contribution in [3.05, 3.63) is 23.3 Å². The second-order valence-corrected chi connectivity index (χ2v) is 3.90. The molecule has 3 N–H and O–H groups in total. The molecule has 2 rings (SSSR count). The molecule has 0 fully saturated rings. The molecule has 0 saturated carbocycles. The van der Waals surface area contributed by atoms with Crippen molar-refractivity contribution >= 4 is 17.3 Å². The van der Waals surface area contributed by atoms with Crippen LogP contribution in [-0.4, -0.2) is 24.7 Å². The largest absolute Gasteiger partial charge is 0.478 e. The molecule has 4 nitrogen and oxygen atoms in total. The highest BCUT2D eigenvalue weighted by molar-refractivity contribution is 5.91. The average Bonchev–Trinajstić information content (AvgIpc) is 2.17. The Morgan fingerprint density at radius 3 is 2.93 bits per heavy atom. The molecule has 0 spiro atoms. The minimum Gasteiger partial charge on any atom is -0.478 e. The normalized spacial score (nSPS) is 14.9. The van der Waals surface area contributed by atoms with Gasteiger partial charge in [-0.2, -0.15) is 0 Å². The quantitative estimate of drug-likeness (QED) is 0.681. The zero-order chi connectivity index (χ0) is 11.0. The molecule has 1 aliphatic rings. The molecule has 4 heteroatoms. The molecule has 1 aliphatic heterocycles. The van der Waals surface area contributed by atoms with Gasteiger partial charge in [0.1, 0.15) is 0 Å². The van der Waals surface area contributed by atoms with Crippen molar-refractivity contribution < 1.29 is 9.90 Å². The molecule has 0 atom stereocenters. The SMILES string of the molecule is CN1CCCc2cc(C(=O)O)cc(N)c21. The van der Waals surface area contributed by atoms with Crippen molar-refractivity contribution in [2.45, 2.75) is 12.8 Å². The Morgan fingerprint density at radius 2 is 2.27 bits per heavy atom. The molecule has 0 amide bonds. The summed E-state index contributed by atoms with van der Waals surface area (Å²) in [6, 6.07) is 3.26. The monoisotopic (exact) mass is 206 g/mol. The summed E-state index contributed by atoms with van der Waals surface area (Å²) in [6.45, 7) is 0.976. The third-order valence-corrected chi connectivity index (χ3v) is 2.79. The van der Waals surface area contributed by atoms with Crippen LogP contribution < -0.4 is 10.6 Å². The van der Waals surface area contributed by atoms with Crippen molar-refractivity contribution in [2.75, 3.05) is 24.2 Å².